The van der Waals surface area contributed by atoms with E-state index in [0.717, 1.165) is 23.3 Å². The van der Waals surface area contributed by atoms with Crippen LogP contribution in [0.2, 0.25) is 0 Å². The lowest BCUT2D eigenvalue weighted by Gasteiger charge is -2.55. The third-order valence-electron chi connectivity index (χ3n) is 10.3. The maximum Gasteiger partial charge on any atom is 0.416 e. The second-order valence-electron chi connectivity index (χ2n) is 13.3. The van der Waals surface area contributed by atoms with Crippen molar-refractivity contribution in [2.75, 3.05) is 18.6 Å². The summed E-state index contributed by atoms with van der Waals surface area (Å²) in [5.41, 5.74) is -0.348. The highest BCUT2D eigenvalue weighted by Gasteiger charge is 2.77. The van der Waals surface area contributed by atoms with Crippen molar-refractivity contribution in [3.63, 3.8) is 0 Å². The summed E-state index contributed by atoms with van der Waals surface area (Å²) < 4.78 is 18.7. The lowest BCUT2D eigenvalue weighted by Crippen LogP contribution is -2.69. The molecule has 0 aromatic carbocycles. The van der Waals surface area contributed by atoms with Gasteiger partial charge in [0.05, 0.1) is 23.8 Å². The van der Waals surface area contributed by atoms with Crippen LogP contribution in [-0.4, -0.2) is 64.6 Å². The molecule has 2 bridgehead atoms. The van der Waals surface area contributed by atoms with E-state index in [9.17, 15) is 15.0 Å². The molecule has 2 N–H and O–H groups in total. The molecule has 208 valence electrons. The van der Waals surface area contributed by atoms with Crippen LogP contribution >= 0.6 is 11.3 Å². The van der Waals surface area contributed by atoms with E-state index in [1.165, 1.54) is 16.2 Å². The Kier molecular flexibility index (Phi) is 5.66. The maximum absolute atomic E-state index is 13.5. The second-order valence-corrected chi connectivity index (χ2v) is 14.1. The number of rotatable bonds is 2. The average molecular weight is 545 g/mol. The molecule has 4 aliphatic carbocycles. The van der Waals surface area contributed by atoms with E-state index >= 15 is 0 Å². The van der Waals surface area contributed by atoms with Gasteiger partial charge in [0.15, 0.2) is 17.0 Å². The van der Waals surface area contributed by atoms with E-state index in [-0.39, 0.29) is 23.9 Å². The predicted octanol–water partition coefficient (Wildman–Crippen LogP) is 4.45. The smallest absolute Gasteiger partial charge is 0.416 e. The van der Waals surface area contributed by atoms with Crippen LogP contribution in [-0.2, 0) is 14.2 Å². The SMILES string of the molecule is CC1=C[C@]23C(O)[C@@H](C=C4COC(C)(C)O[C@H]4[C@]2(O)[C@H]1OC(=O)N(C)c1nc(C)cs1)[C@H]1[C@@H](C[C@H]3C)C1(C)C. The van der Waals surface area contributed by atoms with Gasteiger partial charge < -0.3 is 24.4 Å². The van der Waals surface area contributed by atoms with Gasteiger partial charge in [0.2, 0.25) is 0 Å². The summed E-state index contributed by atoms with van der Waals surface area (Å²) in [5.74, 6) is -0.477. The number of aliphatic hydroxyl groups excluding tert-OH is 1. The first-order valence-electron chi connectivity index (χ1n) is 13.6. The molecule has 6 rings (SSSR count). The number of hydrogen-bond acceptors (Lipinski definition) is 8. The molecule has 2 heterocycles. The molecule has 1 saturated heterocycles. The quantitative estimate of drug-likeness (QED) is 0.531. The van der Waals surface area contributed by atoms with Crippen molar-refractivity contribution in [2.45, 2.75) is 84.6 Å². The number of hydrogen-bond donors (Lipinski definition) is 2. The van der Waals surface area contributed by atoms with Gasteiger partial charge in [-0.25, -0.2) is 9.78 Å². The van der Waals surface area contributed by atoms with Crippen molar-refractivity contribution in [2.24, 2.45) is 34.5 Å². The van der Waals surface area contributed by atoms with Crippen LogP contribution in [0.5, 0.6) is 0 Å². The van der Waals surface area contributed by atoms with Crippen LogP contribution in [0.25, 0.3) is 0 Å². The van der Waals surface area contributed by atoms with Gasteiger partial charge in [-0.15, -0.1) is 11.3 Å². The molecule has 8 nitrogen and oxygen atoms in total. The molecule has 1 spiro atoms. The monoisotopic (exact) mass is 544 g/mol. The standard InChI is InChI=1S/C29H40N2O6S/c1-14-11-28-15(2)9-19-20(26(19,4)5)18(21(28)32)10-17-12-35-27(6,7)37-23(17)29(28,34)22(14)36-25(33)31(8)24-30-16(3)13-38-24/h10-11,13,15,18-23,32,34H,9,12H2,1-8H3/t15-,18+,19-,20+,21?,22+,23-,28+,29-/m1/s1. The summed E-state index contributed by atoms with van der Waals surface area (Å²) in [6.45, 7) is 14.4. The Morgan fingerprint density at radius 1 is 1.26 bits per heavy atom. The van der Waals surface area contributed by atoms with Crippen molar-refractivity contribution in [3.8, 4) is 0 Å². The van der Waals surface area contributed by atoms with Gasteiger partial charge in [-0.2, -0.15) is 0 Å². The number of amides is 1. The molecule has 9 heteroatoms. The average Bonchev–Trinajstić information content (AvgIpc) is 3.10. The summed E-state index contributed by atoms with van der Waals surface area (Å²) in [7, 11) is 1.62. The van der Waals surface area contributed by atoms with E-state index in [1.807, 2.05) is 39.2 Å². The highest BCUT2D eigenvalue weighted by Crippen LogP contribution is 2.73. The molecule has 9 atom stereocenters. The van der Waals surface area contributed by atoms with Crippen LogP contribution in [0.3, 0.4) is 0 Å². The Labute approximate surface area is 228 Å². The van der Waals surface area contributed by atoms with E-state index in [0.29, 0.717) is 17.0 Å². The summed E-state index contributed by atoms with van der Waals surface area (Å²) >= 11 is 1.36. The zero-order valence-corrected chi connectivity index (χ0v) is 24.3. The summed E-state index contributed by atoms with van der Waals surface area (Å²) in [5, 5.41) is 27.8. The van der Waals surface area contributed by atoms with Crippen LogP contribution < -0.4 is 4.90 Å². The second kappa shape index (κ2) is 8.13. The normalized spacial score (nSPS) is 43.9. The predicted molar refractivity (Wildman–Crippen MR) is 144 cm³/mol. The number of aromatic nitrogens is 1. The Balaban J connectivity index is 1.47. The lowest BCUT2D eigenvalue weighted by molar-refractivity contribution is -0.311. The summed E-state index contributed by atoms with van der Waals surface area (Å²) in [6, 6.07) is 0. The zero-order chi connectivity index (χ0) is 27.6. The molecule has 1 aromatic heterocycles. The molecule has 1 aliphatic heterocycles. The van der Waals surface area contributed by atoms with Crippen LogP contribution in [0.4, 0.5) is 9.93 Å². The van der Waals surface area contributed by atoms with Gasteiger partial charge in [0.1, 0.15) is 11.7 Å². The fraction of sp³-hybridized carbons (Fsp3) is 0.724. The van der Waals surface area contributed by atoms with E-state index in [2.05, 4.69) is 31.8 Å². The molecular formula is C29H40N2O6S. The third kappa shape index (κ3) is 3.35. The molecule has 2 saturated carbocycles. The van der Waals surface area contributed by atoms with Crippen molar-refractivity contribution in [1.29, 1.82) is 0 Å². The number of thiazole rings is 1. The lowest BCUT2D eigenvalue weighted by atomic mass is 9.58. The topological polar surface area (TPSA) is 101 Å². The van der Waals surface area contributed by atoms with Crippen molar-refractivity contribution < 1.29 is 29.2 Å². The molecule has 5 aliphatic rings. The number of anilines is 1. The molecule has 1 unspecified atom stereocenters. The number of fused-ring (bicyclic) bond motifs is 5. The molecule has 1 amide bonds. The van der Waals surface area contributed by atoms with Crippen molar-refractivity contribution >= 4 is 22.6 Å². The fourth-order valence-corrected chi connectivity index (χ4v) is 9.12. The third-order valence-corrected chi connectivity index (χ3v) is 11.4. The minimum atomic E-state index is -1.73. The van der Waals surface area contributed by atoms with Gasteiger partial charge in [-0.3, -0.25) is 4.90 Å². The van der Waals surface area contributed by atoms with E-state index in [4.69, 9.17) is 14.2 Å². The molecule has 1 aromatic rings. The van der Waals surface area contributed by atoms with Gasteiger partial charge in [-0.1, -0.05) is 32.9 Å². The number of aryl methyl sites for hydroxylation is 1. The summed E-state index contributed by atoms with van der Waals surface area (Å²) in [6.07, 6.45) is 1.67. The number of carbonyl (C=O) groups is 1. The zero-order valence-electron chi connectivity index (χ0n) is 23.5. The van der Waals surface area contributed by atoms with Crippen molar-refractivity contribution in [3.05, 3.63) is 34.4 Å². The minimum absolute atomic E-state index is 0.0814. The first-order chi connectivity index (χ1) is 17.6. The number of carbonyl (C=O) groups excluding carboxylic acids is 1. The number of aliphatic hydroxyl groups is 2. The first-order valence-corrected chi connectivity index (χ1v) is 14.5. The largest absolute Gasteiger partial charge is 0.438 e. The Hall–Kier alpha value is -1.78. The number of ether oxygens (including phenoxy) is 3. The summed E-state index contributed by atoms with van der Waals surface area (Å²) in [4.78, 5) is 19.3. The minimum Gasteiger partial charge on any atom is -0.438 e. The highest BCUT2D eigenvalue weighted by molar-refractivity contribution is 7.13. The van der Waals surface area contributed by atoms with Gasteiger partial charge in [-0.05, 0) is 68.4 Å². The van der Waals surface area contributed by atoms with Crippen LogP contribution in [0, 0.1) is 41.4 Å². The molecule has 0 radical (unpaired) electrons. The van der Waals surface area contributed by atoms with E-state index < -0.39 is 41.2 Å². The Bertz CT molecular complexity index is 1240. The van der Waals surface area contributed by atoms with Gasteiger partial charge in [0, 0.05) is 18.3 Å². The Morgan fingerprint density at radius 2 is 1.97 bits per heavy atom. The fourth-order valence-electron chi connectivity index (χ4n) is 8.36. The molecule has 38 heavy (non-hydrogen) atoms. The first kappa shape index (κ1) is 26.4. The molecule has 3 fully saturated rings. The maximum atomic E-state index is 13.5. The van der Waals surface area contributed by atoms with Crippen molar-refractivity contribution in [1.82, 2.24) is 4.98 Å². The van der Waals surface area contributed by atoms with Crippen LogP contribution in [0.15, 0.2) is 28.7 Å². The van der Waals surface area contributed by atoms with Crippen LogP contribution in [0.1, 0.15) is 53.7 Å². The molecular weight excluding hydrogens is 504 g/mol. The number of nitrogens with zero attached hydrogens (tertiary/aromatic N) is 2. The van der Waals surface area contributed by atoms with E-state index in [1.54, 1.807) is 7.05 Å². The Morgan fingerprint density at radius 3 is 2.63 bits per heavy atom. The van der Waals surface area contributed by atoms with Gasteiger partial charge in [0.25, 0.3) is 0 Å². The highest BCUT2D eigenvalue weighted by atomic mass is 32.1. The van der Waals surface area contributed by atoms with Gasteiger partial charge >= 0.3 is 6.09 Å².